The van der Waals surface area contributed by atoms with Crippen molar-refractivity contribution in [1.82, 2.24) is 4.68 Å². The SMILES string of the molecule is O=C(Nc1ccc(Cl)c(Cl)c1)Nn1c(O)c(C2=c3ccccc3=NC2=O)sc1=S. The van der Waals surface area contributed by atoms with Gasteiger partial charge in [0.2, 0.25) is 5.88 Å². The van der Waals surface area contributed by atoms with Gasteiger partial charge >= 0.3 is 6.03 Å². The molecule has 4 rings (SSSR count). The second kappa shape index (κ2) is 7.60. The van der Waals surface area contributed by atoms with Crippen molar-refractivity contribution < 1.29 is 14.7 Å². The Morgan fingerprint density at radius 1 is 1.17 bits per heavy atom. The smallest absolute Gasteiger partial charge is 0.338 e. The predicted molar refractivity (Wildman–Crippen MR) is 114 cm³/mol. The Labute approximate surface area is 182 Å². The van der Waals surface area contributed by atoms with E-state index in [0.717, 1.165) is 16.0 Å². The van der Waals surface area contributed by atoms with E-state index in [2.05, 4.69) is 15.7 Å². The molecule has 0 saturated heterocycles. The third kappa shape index (κ3) is 3.65. The van der Waals surface area contributed by atoms with Crippen molar-refractivity contribution in [2.45, 2.75) is 0 Å². The van der Waals surface area contributed by atoms with E-state index in [0.29, 0.717) is 21.3 Å². The first kappa shape index (κ1) is 19.6. The van der Waals surface area contributed by atoms with Gasteiger partial charge in [0.1, 0.15) is 4.88 Å². The number of urea groups is 1. The summed E-state index contributed by atoms with van der Waals surface area (Å²) < 4.78 is 1.16. The van der Waals surface area contributed by atoms with Crippen LogP contribution in [0.2, 0.25) is 10.0 Å². The van der Waals surface area contributed by atoms with Gasteiger partial charge in [-0.3, -0.25) is 4.79 Å². The van der Waals surface area contributed by atoms with Crippen LogP contribution in [0.15, 0.2) is 47.5 Å². The number of carbonyl (C=O) groups is 2. The lowest BCUT2D eigenvalue weighted by atomic mass is 10.1. The molecule has 3 amide bonds. The lowest BCUT2D eigenvalue weighted by Crippen LogP contribution is -2.27. The predicted octanol–water partition coefficient (Wildman–Crippen LogP) is 3.43. The molecule has 3 N–H and O–H groups in total. The molecule has 0 spiro atoms. The van der Waals surface area contributed by atoms with Crippen LogP contribution in [-0.2, 0) is 4.79 Å². The monoisotopic (exact) mass is 464 g/mol. The average molecular weight is 465 g/mol. The maximum absolute atomic E-state index is 12.4. The van der Waals surface area contributed by atoms with E-state index in [4.69, 9.17) is 35.4 Å². The molecule has 0 radical (unpaired) electrons. The van der Waals surface area contributed by atoms with Gasteiger partial charge in [-0.1, -0.05) is 52.7 Å². The molecule has 0 atom stereocenters. The fourth-order valence-electron chi connectivity index (χ4n) is 2.74. The van der Waals surface area contributed by atoms with Crippen LogP contribution >= 0.6 is 46.8 Å². The summed E-state index contributed by atoms with van der Waals surface area (Å²) in [5.74, 6) is -0.843. The van der Waals surface area contributed by atoms with Crippen LogP contribution in [0.4, 0.5) is 10.5 Å². The molecule has 2 heterocycles. The van der Waals surface area contributed by atoms with Gasteiger partial charge in [0.25, 0.3) is 5.91 Å². The topological polar surface area (TPSA) is 95.7 Å². The van der Waals surface area contributed by atoms with Gasteiger partial charge in [0, 0.05) is 10.9 Å². The van der Waals surface area contributed by atoms with E-state index in [1.807, 2.05) is 0 Å². The molecule has 1 aromatic heterocycles. The number of amides is 3. The molecule has 1 aliphatic heterocycles. The summed E-state index contributed by atoms with van der Waals surface area (Å²) in [6, 6.07) is 10.9. The minimum Gasteiger partial charge on any atom is -0.492 e. The standard InChI is InChI=1S/C18H10Cl2N4O3S2/c19-10-6-5-8(7-11(10)20)21-17(27)23-24-16(26)14(29-18(24)28)13-9-3-1-2-4-12(9)22-15(13)25/h1-7,26H,(H2,21,23,27). The Morgan fingerprint density at radius 3 is 2.69 bits per heavy atom. The first-order chi connectivity index (χ1) is 13.8. The quantitative estimate of drug-likeness (QED) is 0.517. The highest BCUT2D eigenvalue weighted by molar-refractivity contribution is 7.73. The van der Waals surface area contributed by atoms with Crippen molar-refractivity contribution in [2.24, 2.45) is 4.99 Å². The van der Waals surface area contributed by atoms with E-state index in [1.54, 1.807) is 30.3 Å². The Kier molecular flexibility index (Phi) is 5.13. The number of fused-ring (bicyclic) bond motifs is 1. The average Bonchev–Trinajstić information content (AvgIpc) is 3.14. The molecule has 11 heteroatoms. The molecule has 0 fully saturated rings. The number of rotatable bonds is 3. The van der Waals surface area contributed by atoms with Gasteiger partial charge in [-0.15, -0.1) is 0 Å². The fraction of sp³-hybridized carbons (Fsp3) is 0. The molecule has 1 aliphatic rings. The lowest BCUT2D eigenvalue weighted by molar-refractivity contribution is -0.112. The summed E-state index contributed by atoms with van der Waals surface area (Å²) in [6.45, 7) is 0. The molecule has 29 heavy (non-hydrogen) atoms. The number of carbonyl (C=O) groups excluding carboxylic acids is 2. The Balaban J connectivity index is 1.66. The van der Waals surface area contributed by atoms with E-state index >= 15 is 0 Å². The zero-order chi connectivity index (χ0) is 20.7. The number of benzene rings is 2. The molecule has 146 valence electrons. The number of hydrogen-bond acceptors (Lipinski definition) is 5. The van der Waals surface area contributed by atoms with Gasteiger partial charge in [-0.25, -0.2) is 15.2 Å². The van der Waals surface area contributed by atoms with Crippen LogP contribution in [0.3, 0.4) is 0 Å². The number of anilines is 1. The zero-order valence-corrected chi connectivity index (χ0v) is 17.4. The maximum atomic E-state index is 12.4. The van der Waals surface area contributed by atoms with Crippen LogP contribution in [0, 0.1) is 3.95 Å². The largest absolute Gasteiger partial charge is 0.492 e. The molecular weight excluding hydrogens is 455 g/mol. The highest BCUT2D eigenvalue weighted by Crippen LogP contribution is 2.32. The van der Waals surface area contributed by atoms with E-state index < -0.39 is 11.9 Å². The van der Waals surface area contributed by atoms with Crippen LogP contribution in [0.5, 0.6) is 5.88 Å². The molecule has 0 unspecified atom stereocenters. The molecule has 3 aromatic rings. The summed E-state index contributed by atoms with van der Waals surface area (Å²) in [6.07, 6.45) is 0. The summed E-state index contributed by atoms with van der Waals surface area (Å²) in [5, 5.41) is 14.9. The molecule has 7 nitrogen and oxygen atoms in total. The van der Waals surface area contributed by atoms with Crippen molar-refractivity contribution in [2.75, 3.05) is 10.7 Å². The molecule has 0 aliphatic carbocycles. The normalized spacial score (nSPS) is 12.5. The van der Waals surface area contributed by atoms with Gasteiger partial charge in [0.05, 0.1) is 21.0 Å². The second-order valence-corrected chi connectivity index (χ2v) is 8.32. The van der Waals surface area contributed by atoms with Crippen molar-refractivity contribution in [1.29, 1.82) is 0 Å². The highest BCUT2D eigenvalue weighted by atomic mass is 35.5. The summed E-state index contributed by atoms with van der Waals surface area (Å²) in [4.78, 5) is 28.9. The first-order valence-corrected chi connectivity index (χ1v) is 10.0. The third-order valence-corrected chi connectivity index (χ3v) is 6.13. The molecule has 0 bridgehead atoms. The van der Waals surface area contributed by atoms with Crippen LogP contribution < -0.4 is 21.3 Å². The van der Waals surface area contributed by atoms with Gasteiger partial charge in [0.15, 0.2) is 3.95 Å². The summed E-state index contributed by atoms with van der Waals surface area (Å²) in [5.41, 5.74) is 3.07. The zero-order valence-electron chi connectivity index (χ0n) is 14.3. The van der Waals surface area contributed by atoms with E-state index in [-0.39, 0.29) is 25.3 Å². The van der Waals surface area contributed by atoms with Crippen molar-refractivity contribution in [3.8, 4) is 5.88 Å². The number of hydrogen-bond donors (Lipinski definition) is 3. The van der Waals surface area contributed by atoms with Crippen LogP contribution in [0.1, 0.15) is 4.88 Å². The number of para-hydroxylation sites is 1. The maximum Gasteiger partial charge on any atom is 0.338 e. The minimum atomic E-state index is -0.674. The van der Waals surface area contributed by atoms with Crippen molar-refractivity contribution >= 4 is 70.0 Å². The van der Waals surface area contributed by atoms with Crippen molar-refractivity contribution in [3.63, 3.8) is 0 Å². The number of aromatic nitrogens is 1. The van der Waals surface area contributed by atoms with Crippen molar-refractivity contribution in [3.05, 3.63) is 71.9 Å². The third-order valence-electron chi connectivity index (χ3n) is 4.01. The number of nitrogens with one attached hydrogen (secondary N) is 2. The highest BCUT2D eigenvalue weighted by Gasteiger charge is 2.25. The Bertz CT molecular complexity index is 1360. The van der Waals surface area contributed by atoms with Crippen LogP contribution in [-0.4, -0.2) is 21.7 Å². The van der Waals surface area contributed by atoms with Crippen LogP contribution in [0.25, 0.3) is 5.57 Å². The van der Waals surface area contributed by atoms with E-state index in [1.165, 1.54) is 12.1 Å². The Hall–Kier alpha value is -2.72. The van der Waals surface area contributed by atoms with Gasteiger partial charge in [-0.05, 0) is 36.5 Å². The van der Waals surface area contributed by atoms with Gasteiger partial charge in [-0.2, -0.15) is 4.68 Å². The Morgan fingerprint density at radius 2 is 1.93 bits per heavy atom. The minimum absolute atomic E-state index is 0.145. The van der Waals surface area contributed by atoms with E-state index in [9.17, 15) is 14.7 Å². The first-order valence-electron chi connectivity index (χ1n) is 8.06. The summed E-state index contributed by atoms with van der Waals surface area (Å²) >= 11 is 18.0. The number of halogens is 2. The fourth-order valence-corrected chi connectivity index (χ4v) is 4.31. The summed E-state index contributed by atoms with van der Waals surface area (Å²) in [7, 11) is 0. The van der Waals surface area contributed by atoms with Gasteiger partial charge < -0.3 is 10.4 Å². The number of nitrogens with zero attached hydrogens (tertiary/aromatic N) is 2. The number of thiazole rings is 1. The molecular formula is C18H10Cl2N4O3S2. The second-order valence-electron chi connectivity index (χ2n) is 5.86. The number of aromatic hydroxyl groups is 1. The lowest BCUT2D eigenvalue weighted by Gasteiger charge is -2.10. The molecule has 2 aromatic carbocycles. The molecule has 0 saturated carbocycles.